The van der Waals surface area contributed by atoms with Crippen molar-refractivity contribution in [3.05, 3.63) is 47.2 Å². The Morgan fingerprint density at radius 1 is 1.45 bits per heavy atom. The van der Waals surface area contributed by atoms with Crippen molar-refractivity contribution >= 4 is 12.1 Å². The van der Waals surface area contributed by atoms with Gasteiger partial charge in [-0.1, -0.05) is 12.1 Å². The van der Waals surface area contributed by atoms with Gasteiger partial charge in [0.15, 0.2) is 0 Å². The second-order valence-electron chi connectivity index (χ2n) is 5.06. The standard InChI is InChI=1S/C16H20N2O2/c1-18(2)16(19)13-4-5-15(14(10-13)11-20-3)12-6-8-17-9-7-12/h4-6,8-10,12H,7,11H2,1-3H3. The van der Waals surface area contributed by atoms with Crippen LogP contribution >= 0.6 is 0 Å². The highest BCUT2D eigenvalue weighted by Crippen LogP contribution is 2.27. The molecule has 0 radical (unpaired) electrons. The molecule has 0 aromatic heterocycles. The summed E-state index contributed by atoms with van der Waals surface area (Å²) in [4.78, 5) is 17.7. The van der Waals surface area contributed by atoms with Gasteiger partial charge in [0.25, 0.3) is 5.91 Å². The van der Waals surface area contributed by atoms with Crippen LogP contribution in [0.1, 0.15) is 33.8 Å². The van der Waals surface area contributed by atoms with Gasteiger partial charge in [-0.25, -0.2) is 0 Å². The van der Waals surface area contributed by atoms with Crippen LogP contribution in [0.2, 0.25) is 0 Å². The molecule has 1 unspecified atom stereocenters. The van der Waals surface area contributed by atoms with Crippen molar-refractivity contribution in [3.63, 3.8) is 0 Å². The number of allylic oxidation sites excluding steroid dienone is 1. The molecule has 2 rings (SSSR count). The van der Waals surface area contributed by atoms with Gasteiger partial charge in [0.2, 0.25) is 0 Å². The number of ether oxygens (including phenoxy) is 1. The third-order valence-corrected chi connectivity index (χ3v) is 3.36. The molecule has 1 aliphatic rings. The maximum Gasteiger partial charge on any atom is 0.253 e. The maximum absolute atomic E-state index is 12.0. The van der Waals surface area contributed by atoms with E-state index in [0.717, 1.165) is 12.0 Å². The van der Waals surface area contributed by atoms with Crippen LogP contribution in [0.3, 0.4) is 0 Å². The molecule has 0 saturated heterocycles. The molecule has 0 bridgehead atoms. The van der Waals surface area contributed by atoms with E-state index in [1.54, 1.807) is 26.1 Å². The first-order valence-corrected chi connectivity index (χ1v) is 6.65. The van der Waals surface area contributed by atoms with Crippen molar-refractivity contribution in [2.75, 3.05) is 21.2 Å². The summed E-state index contributed by atoms with van der Waals surface area (Å²) >= 11 is 0. The smallest absolute Gasteiger partial charge is 0.253 e. The zero-order chi connectivity index (χ0) is 14.5. The highest BCUT2D eigenvalue weighted by Gasteiger charge is 2.16. The normalized spacial score (nSPS) is 17.2. The number of hydrogen-bond donors (Lipinski definition) is 0. The van der Waals surface area contributed by atoms with Gasteiger partial charge in [-0.15, -0.1) is 0 Å². The van der Waals surface area contributed by atoms with Crippen LogP contribution in [0.5, 0.6) is 0 Å². The average molecular weight is 272 g/mol. The molecular formula is C16H20N2O2. The van der Waals surface area contributed by atoms with Crippen molar-refractivity contribution in [1.82, 2.24) is 4.90 Å². The van der Waals surface area contributed by atoms with E-state index in [0.29, 0.717) is 18.1 Å². The quantitative estimate of drug-likeness (QED) is 0.845. The van der Waals surface area contributed by atoms with Gasteiger partial charge in [-0.05, 0) is 29.7 Å². The summed E-state index contributed by atoms with van der Waals surface area (Å²) in [5.41, 5.74) is 2.95. The van der Waals surface area contributed by atoms with Crippen LogP contribution in [0.25, 0.3) is 0 Å². The first-order chi connectivity index (χ1) is 9.63. The Bertz CT molecular complexity index is 547. The van der Waals surface area contributed by atoms with Gasteiger partial charge in [0, 0.05) is 45.1 Å². The SMILES string of the molecule is COCc1cc(C(=O)N(C)C)ccc1C1C=CN=CC1. The van der Waals surface area contributed by atoms with Gasteiger partial charge in [0.05, 0.1) is 6.61 Å². The van der Waals surface area contributed by atoms with Gasteiger partial charge in [-0.3, -0.25) is 9.79 Å². The largest absolute Gasteiger partial charge is 0.380 e. The van der Waals surface area contributed by atoms with Crippen molar-refractivity contribution in [1.29, 1.82) is 0 Å². The first-order valence-electron chi connectivity index (χ1n) is 6.65. The van der Waals surface area contributed by atoms with E-state index in [9.17, 15) is 4.79 Å². The predicted molar refractivity (Wildman–Crippen MR) is 80.2 cm³/mol. The number of carbonyl (C=O) groups is 1. The van der Waals surface area contributed by atoms with Gasteiger partial charge < -0.3 is 9.64 Å². The lowest BCUT2D eigenvalue weighted by atomic mass is 9.90. The maximum atomic E-state index is 12.0. The Morgan fingerprint density at radius 3 is 2.85 bits per heavy atom. The Kier molecular flexibility index (Phi) is 4.69. The lowest BCUT2D eigenvalue weighted by Gasteiger charge is -2.19. The minimum atomic E-state index is 0.00894. The minimum Gasteiger partial charge on any atom is -0.380 e. The fourth-order valence-corrected chi connectivity index (χ4v) is 2.34. The van der Waals surface area contributed by atoms with Crippen LogP contribution in [0.15, 0.2) is 35.5 Å². The Balaban J connectivity index is 2.35. The van der Waals surface area contributed by atoms with Crippen molar-refractivity contribution < 1.29 is 9.53 Å². The summed E-state index contributed by atoms with van der Waals surface area (Å²) in [5, 5.41) is 0. The predicted octanol–water partition coefficient (Wildman–Crippen LogP) is 2.61. The molecule has 106 valence electrons. The fourth-order valence-electron chi connectivity index (χ4n) is 2.34. The zero-order valence-corrected chi connectivity index (χ0v) is 12.2. The monoisotopic (exact) mass is 272 g/mol. The average Bonchev–Trinajstić information content (AvgIpc) is 2.47. The van der Waals surface area contributed by atoms with Crippen molar-refractivity contribution in [2.45, 2.75) is 18.9 Å². The molecule has 1 aromatic rings. The molecule has 4 nitrogen and oxygen atoms in total. The van der Waals surface area contributed by atoms with Crippen molar-refractivity contribution in [3.8, 4) is 0 Å². The summed E-state index contributed by atoms with van der Waals surface area (Å²) in [7, 11) is 5.18. The van der Waals surface area contributed by atoms with Crippen LogP contribution < -0.4 is 0 Å². The Morgan fingerprint density at radius 2 is 2.25 bits per heavy atom. The van der Waals surface area contributed by atoms with Gasteiger partial charge in [0.1, 0.15) is 0 Å². The molecular weight excluding hydrogens is 252 g/mol. The number of rotatable bonds is 4. The van der Waals surface area contributed by atoms with Crippen LogP contribution in [-0.4, -0.2) is 38.2 Å². The molecule has 4 heteroatoms. The number of hydrogen-bond acceptors (Lipinski definition) is 3. The highest BCUT2D eigenvalue weighted by molar-refractivity contribution is 5.94. The molecule has 0 fully saturated rings. The number of methoxy groups -OCH3 is 1. The van der Waals surface area contributed by atoms with Gasteiger partial charge >= 0.3 is 0 Å². The molecule has 1 amide bonds. The number of carbonyl (C=O) groups excluding carboxylic acids is 1. The Hall–Kier alpha value is -1.94. The van der Waals surface area contributed by atoms with E-state index >= 15 is 0 Å². The van der Waals surface area contributed by atoms with Crippen LogP contribution in [-0.2, 0) is 11.3 Å². The topological polar surface area (TPSA) is 41.9 Å². The third kappa shape index (κ3) is 3.14. The van der Waals surface area contributed by atoms with E-state index in [-0.39, 0.29) is 5.91 Å². The van der Waals surface area contributed by atoms with E-state index < -0.39 is 0 Å². The molecule has 20 heavy (non-hydrogen) atoms. The number of nitrogens with zero attached hydrogens (tertiary/aromatic N) is 2. The fraction of sp³-hybridized carbons (Fsp3) is 0.375. The molecule has 1 aliphatic heterocycles. The van der Waals surface area contributed by atoms with Crippen LogP contribution in [0.4, 0.5) is 0 Å². The molecule has 1 heterocycles. The third-order valence-electron chi connectivity index (χ3n) is 3.36. The summed E-state index contributed by atoms with van der Waals surface area (Å²) in [6, 6.07) is 5.84. The molecule has 0 aliphatic carbocycles. The van der Waals surface area contributed by atoms with Crippen molar-refractivity contribution in [2.24, 2.45) is 4.99 Å². The highest BCUT2D eigenvalue weighted by atomic mass is 16.5. The second kappa shape index (κ2) is 6.48. The summed E-state index contributed by atoms with van der Waals surface area (Å²) in [5.74, 6) is 0.316. The minimum absolute atomic E-state index is 0.00894. The summed E-state index contributed by atoms with van der Waals surface area (Å²) in [6.45, 7) is 0.505. The van der Waals surface area contributed by atoms with E-state index in [2.05, 4.69) is 11.1 Å². The van der Waals surface area contributed by atoms with E-state index in [1.165, 1.54) is 5.56 Å². The summed E-state index contributed by atoms with van der Waals surface area (Å²) in [6.07, 6.45) is 6.71. The number of aliphatic imine (C=N–C) groups is 1. The molecule has 1 atom stereocenters. The molecule has 0 spiro atoms. The Labute approximate surface area is 119 Å². The first kappa shape index (κ1) is 14.5. The zero-order valence-electron chi connectivity index (χ0n) is 12.2. The molecule has 1 aromatic carbocycles. The second-order valence-corrected chi connectivity index (χ2v) is 5.06. The molecule has 0 N–H and O–H groups in total. The molecule has 0 saturated carbocycles. The summed E-state index contributed by atoms with van der Waals surface area (Å²) < 4.78 is 5.27. The van der Waals surface area contributed by atoms with E-state index in [4.69, 9.17) is 4.74 Å². The van der Waals surface area contributed by atoms with Crippen LogP contribution in [0, 0.1) is 0 Å². The number of amides is 1. The van der Waals surface area contributed by atoms with Gasteiger partial charge in [-0.2, -0.15) is 0 Å². The lowest BCUT2D eigenvalue weighted by molar-refractivity contribution is 0.0827. The van der Waals surface area contributed by atoms with E-state index in [1.807, 2.05) is 30.6 Å². The lowest BCUT2D eigenvalue weighted by Crippen LogP contribution is -2.22. The number of benzene rings is 1.